The lowest BCUT2D eigenvalue weighted by atomic mass is 10.2. The highest BCUT2D eigenvalue weighted by Gasteiger charge is 2.13. The van der Waals surface area contributed by atoms with Crippen LogP contribution in [-0.4, -0.2) is 32.2 Å². The van der Waals surface area contributed by atoms with E-state index in [1.165, 1.54) is 28.6 Å². The summed E-state index contributed by atoms with van der Waals surface area (Å²) in [6.45, 7) is -2.86. The molecule has 2 N–H and O–H groups in total. The van der Waals surface area contributed by atoms with Gasteiger partial charge in [-0.2, -0.15) is 8.78 Å². The number of nitrogen functional groups attached to an aromatic ring is 1. The standard InChI is InChI=1S/C19H17F2N5O2S/c20-18(21)27-13-9-7-12(8-10-13)17-24-25-19(26(17)22)29-11-3-6-16-23-14-4-1-2-5-15(14)28-16/h1-2,4-5,7-10,18H,3,6,11,22H2. The molecule has 0 aliphatic rings. The number of thioether (sulfide) groups is 1. The number of nitrogens with two attached hydrogens (primary N) is 1. The van der Waals surface area contributed by atoms with Crippen LogP contribution in [0.4, 0.5) is 8.78 Å². The van der Waals surface area contributed by atoms with Gasteiger partial charge in [-0.15, -0.1) is 10.2 Å². The summed E-state index contributed by atoms with van der Waals surface area (Å²) in [5, 5.41) is 8.75. The van der Waals surface area contributed by atoms with E-state index in [0.717, 1.165) is 23.3 Å². The van der Waals surface area contributed by atoms with Crippen molar-refractivity contribution in [3.8, 4) is 17.1 Å². The summed E-state index contributed by atoms with van der Waals surface area (Å²) < 4.78 is 35.9. The first-order chi connectivity index (χ1) is 14.1. The first-order valence-electron chi connectivity index (χ1n) is 8.83. The Morgan fingerprint density at radius 3 is 2.66 bits per heavy atom. The van der Waals surface area contributed by atoms with Gasteiger partial charge in [-0.1, -0.05) is 23.9 Å². The number of oxazole rings is 1. The predicted octanol–water partition coefficient (Wildman–Crippen LogP) is 4.13. The molecule has 0 aliphatic heterocycles. The second-order valence-electron chi connectivity index (χ2n) is 6.11. The Hall–Kier alpha value is -3.14. The van der Waals surface area contributed by atoms with Crippen LogP contribution in [0.3, 0.4) is 0 Å². The number of hydrogen-bond donors (Lipinski definition) is 1. The number of para-hydroxylation sites is 2. The Kier molecular flexibility index (Phi) is 5.61. The van der Waals surface area contributed by atoms with Crippen LogP contribution in [0.1, 0.15) is 12.3 Å². The maximum atomic E-state index is 12.2. The minimum Gasteiger partial charge on any atom is -0.441 e. The molecule has 7 nitrogen and oxygen atoms in total. The van der Waals surface area contributed by atoms with Gasteiger partial charge in [-0.25, -0.2) is 9.66 Å². The van der Waals surface area contributed by atoms with Gasteiger partial charge in [0.2, 0.25) is 5.16 Å². The molecular formula is C19H17F2N5O2S. The topological polar surface area (TPSA) is 92.0 Å². The minimum absolute atomic E-state index is 0.0700. The van der Waals surface area contributed by atoms with Gasteiger partial charge < -0.3 is 15.0 Å². The Bertz CT molecular complexity index is 1060. The lowest BCUT2D eigenvalue weighted by Crippen LogP contribution is -2.11. The van der Waals surface area contributed by atoms with Crippen molar-refractivity contribution in [3.05, 3.63) is 54.4 Å². The second kappa shape index (κ2) is 8.48. The number of aryl methyl sites for hydroxylation is 1. The van der Waals surface area contributed by atoms with Crippen LogP contribution in [0, 0.1) is 0 Å². The number of benzene rings is 2. The van der Waals surface area contributed by atoms with E-state index in [-0.39, 0.29) is 5.75 Å². The first-order valence-corrected chi connectivity index (χ1v) is 9.82. The smallest absolute Gasteiger partial charge is 0.387 e. The molecule has 0 saturated heterocycles. The average Bonchev–Trinajstić information content (AvgIpc) is 3.28. The lowest BCUT2D eigenvalue weighted by molar-refractivity contribution is -0.0498. The molecule has 2 heterocycles. The van der Waals surface area contributed by atoms with E-state index in [9.17, 15) is 8.78 Å². The maximum Gasteiger partial charge on any atom is 0.387 e. The van der Waals surface area contributed by atoms with Crippen molar-refractivity contribution < 1.29 is 17.9 Å². The van der Waals surface area contributed by atoms with Gasteiger partial charge in [-0.05, 0) is 42.8 Å². The number of aromatic nitrogens is 4. The van der Waals surface area contributed by atoms with Crippen LogP contribution in [0.2, 0.25) is 0 Å². The molecule has 150 valence electrons. The zero-order valence-electron chi connectivity index (χ0n) is 15.2. The van der Waals surface area contributed by atoms with Crippen LogP contribution in [-0.2, 0) is 6.42 Å². The lowest BCUT2D eigenvalue weighted by Gasteiger charge is -2.06. The third-order valence-corrected chi connectivity index (χ3v) is 5.14. The summed E-state index contributed by atoms with van der Waals surface area (Å²) in [5.41, 5.74) is 2.29. The highest BCUT2D eigenvalue weighted by Crippen LogP contribution is 2.25. The van der Waals surface area contributed by atoms with E-state index in [4.69, 9.17) is 10.3 Å². The van der Waals surface area contributed by atoms with Gasteiger partial charge >= 0.3 is 6.61 Å². The van der Waals surface area contributed by atoms with Crippen molar-refractivity contribution in [3.63, 3.8) is 0 Å². The van der Waals surface area contributed by atoms with Gasteiger partial charge in [0.1, 0.15) is 11.3 Å². The molecule has 0 fully saturated rings. The van der Waals surface area contributed by atoms with E-state index in [2.05, 4.69) is 19.9 Å². The second-order valence-corrected chi connectivity index (χ2v) is 7.17. The van der Waals surface area contributed by atoms with E-state index in [1.807, 2.05) is 24.3 Å². The highest BCUT2D eigenvalue weighted by molar-refractivity contribution is 7.99. The fraction of sp³-hybridized carbons (Fsp3) is 0.211. The molecule has 0 aliphatic carbocycles. The average molecular weight is 417 g/mol. The van der Waals surface area contributed by atoms with Gasteiger partial charge in [0.15, 0.2) is 17.3 Å². The number of alkyl halides is 2. The third kappa shape index (κ3) is 4.48. The molecule has 0 amide bonds. The zero-order chi connectivity index (χ0) is 20.2. The largest absolute Gasteiger partial charge is 0.441 e. The van der Waals surface area contributed by atoms with Crippen LogP contribution in [0.5, 0.6) is 5.75 Å². The molecule has 0 atom stereocenters. The summed E-state index contributed by atoms with van der Waals surface area (Å²) >= 11 is 1.47. The number of hydrogen-bond acceptors (Lipinski definition) is 7. The summed E-state index contributed by atoms with van der Waals surface area (Å²) in [4.78, 5) is 4.45. The predicted molar refractivity (Wildman–Crippen MR) is 105 cm³/mol. The number of nitrogens with zero attached hydrogens (tertiary/aromatic N) is 4. The van der Waals surface area contributed by atoms with E-state index in [1.54, 1.807) is 12.1 Å². The number of halogens is 2. The van der Waals surface area contributed by atoms with Crippen molar-refractivity contribution >= 4 is 22.9 Å². The summed E-state index contributed by atoms with van der Waals surface area (Å²) in [6.07, 6.45) is 1.54. The highest BCUT2D eigenvalue weighted by atomic mass is 32.2. The van der Waals surface area contributed by atoms with Gasteiger partial charge in [0.05, 0.1) is 0 Å². The number of fused-ring (bicyclic) bond motifs is 1. The molecule has 29 heavy (non-hydrogen) atoms. The molecule has 2 aromatic carbocycles. The van der Waals surface area contributed by atoms with E-state index >= 15 is 0 Å². The van der Waals surface area contributed by atoms with E-state index < -0.39 is 6.61 Å². The quantitative estimate of drug-likeness (QED) is 0.262. The molecule has 10 heteroatoms. The Morgan fingerprint density at radius 2 is 1.90 bits per heavy atom. The Morgan fingerprint density at radius 1 is 1.10 bits per heavy atom. The summed E-state index contributed by atoms with van der Waals surface area (Å²) in [6, 6.07) is 13.7. The van der Waals surface area contributed by atoms with Gasteiger partial charge in [-0.3, -0.25) is 0 Å². The van der Waals surface area contributed by atoms with Gasteiger partial charge in [0, 0.05) is 17.7 Å². The normalized spacial score (nSPS) is 11.4. The van der Waals surface area contributed by atoms with Crippen molar-refractivity contribution in [2.45, 2.75) is 24.6 Å². The van der Waals surface area contributed by atoms with Crippen LogP contribution < -0.4 is 10.6 Å². The van der Waals surface area contributed by atoms with Gasteiger partial charge in [0.25, 0.3) is 0 Å². The number of rotatable bonds is 8. The minimum atomic E-state index is -2.86. The molecular weight excluding hydrogens is 400 g/mol. The first kappa shape index (κ1) is 19.2. The van der Waals surface area contributed by atoms with Crippen molar-refractivity contribution in [1.82, 2.24) is 19.9 Å². The molecule has 4 aromatic rings. The maximum absolute atomic E-state index is 12.2. The number of ether oxygens (including phenoxy) is 1. The van der Waals surface area contributed by atoms with Crippen molar-refractivity contribution in [2.24, 2.45) is 0 Å². The van der Waals surface area contributed by atoms with Crippen molar-refractivity contribution in [1.29, 1.82) is 0 Å². The summed E-state index contributed by atoms with van der Waals surface area (Å²) in [7, 11) is 0. The zero-order valence-corrected chi connectivity index (χ0v) is 16.0. The fourth-order valence-corrected chi connectivity index (χ4v) is 3.57. The SMILES string of the molecule is Nn1c(SCCCc2nc3ccccc3o2)nnc1-c1ccc(OC(F)F)cc1. The monoisotopic (exact) mass is 417 g/mol. The molecule has 0 radical (unpaired) electrons. The molecule has 2 aromatic heterocycles. The molecule has 4 rings (SSSR count). The fourth-order valence-electron chi connectivity index (χ4n) is 2.77. The van der Waals surface area contributed by atoms with Crippen LogP contribution in [0.15, 0.2) is 58.1 Å². The van der Waals surface area contributed by atoms with Crippen LogP contribution in [0.25, 0.3) is 22.5 Å². The summed E-state index contributed by atoms with van der Waals surface area (Å²) in [5.74, 6) is 8.06. The molecule has 0 saturated carbocycles. The Balaban J connectivity index is 1.33. The Labute approximate surface area is 168 Å². The third-order valence-electron chi connectivity index (χ3n) is 4.11. The molecule has 0 unspecified atom stereocenters. The molecule has 0 bridgehead atoms. The van der Waals surface area contributed by atoms with Crippen molar-refractivity contribution in [2.75, 3.05) is 11.6 Å². The molecule has 0 spiro atoms. The van der Waals surface area contributed by atoms with Crippen LogP contribution >= 0.6 is 11.8 Å². The van der Waals surface area contributed by atoms with E-state index in [0.29, 0.717) is 28.9 Å².